The molecule has 2 heteroatoms. The van der Waals surface area contributed by atoms with Gasteiger partial charge in [0.15, 0.2) is 0 Å². The van der Waals surface area contributed by atoms with Gasteiger partial charge in [0.2, 0.25) is 0 Å². The molecule has 0 amide bonds. The average Bonchev–Trinajstić information content (AvgIpc) is 2.82. The molecule has 80 valence electrons. The van der Waals surface area contributed by atoms with Gasteiger partial charge in [-0.25, -0.2) is 0 Å². The Morgan fingerprint density at radius 2 is 2.07 bits per heavy atom. The van der Waals surface area contributed by atoms with Crippen molar-refractivity contribution in [1.29, 1.82) is 0 Å². The average molecular weight is 211 g/mol. The van der Waals surface area contributed by atoms with Crippen LogP contribution in [0.3, 0.4) is 0 Å². The first kappa shape index (κ1) is 9.53. The molecule has 1 aliphatic heterocycles. The topological polar surface area (TPSA) is 12.0 Å². The van der Waals surface area contributed by atoms with E-state index in [4.69, 9.17) is 0 Å². The minimum absolute atomic E-state index is 0.833. The molecule has 1 heterocycles. The van der Waals surface area contributed by atoms with Crippen molar-refractivity contribution in [3.8, 4) is 0 Å². The molecule has 1 saturated heterocycles. The summed E-state index contributed by atoms with van der Waals surface area (Å²) in [6.45, 7) is 2.37. The zero-order valence-corrected chi connectivity index (χ0v) is 9.85. The smallest absolute Gasteiger partial charge is 0.0171 e. The fourth-order valence-corrected chi connectivity index (χ4v) is 4.85. The van der Waals surface area contributed by atoms with Gasteiger partial charge in [0, 0.05) is 23.1 Å². The highest BCUT2D eigenvalue weighted by Crippen LogP contribution is 2.45. The number of nitrogens with one attached hydrogen (secondary N) is 1. The maximum Gasteiger partial charge on any atom is 0.0171 e. The van der Waals surface area contributed by atoms with Crippen molar-refractivity contribution in [3.05, 3.63) is 0 Å². The van der Waals surface area contributed by atoms with E-state index in [0.29, 0.717) is 0 Å². The van der Waals surface area contributed by atoms with Crippen LogP contribution in [0.2, 0.25) is 0 Å². The van der Waals surface area contributed by atoms with Crippen molar-refractivity contribution in [2.24, 2.45) is 11.8 Å². The zero-order chi connectivity index (χ0) is 9.54. The van der Waals surface area contributed by atoms with Crippen LogP contribution >= 0.6 is 11.8 Å². The molecule has 0 spiro atoms. The SMILES string of the molecule is CC1CC(NC2CC3CCC2C3)CS1. The summed E-state index contributed by atoms with van der Waals surface area (Å²) in [4.78, 5) is 0. The summed E-state index contributed by atoms with van der Waals surface area (Å²) in [5.41, 5.74) is 0. The van der Waals surface area contributed by atoms with E-state index in [-0.39, 0.29) is 0 Å². The third kappa shape index (κ3) is 1.71. The molecule has 0 aromatic rings. The van der Waals surface area contributed by atoms with Crippen molar-refractivity contribution in [2.75, 3.05) is 5.75 Å². The van der Waals surface area contributed by atoms with Gasteiger partial charge in [0.25, 0.3) is 0 Å². The first-order chi connectivity index (χ1) is 6.81. The predicted molar refractivity (Wildman–Crippen MR) is 62.7 cm³/mol. The highest BCUT2D eigenvalue weighted by Gasteiger charge is 2.40. The summed E-state index contributed by atoms with van der Waals surface area (Å²) < 4.78 is 0. The highest BCUT2D eigenvalue weighted by atomic mass is 32.2. The van der Waals surface area contributed by atoms with E-state index in [1.54, 1.807) is 0 Å². The van der Waals surface area contributed by atoms with E-state index in [1.807, 2.05) is 0 Å². The largest absolute Gasteiger partial charge is 0.310 e. The standard InChI is InChI=1S/C12H21NS/c1-8-4-11(7-14-8)13-12-6-9-2-3-10(12)5-9/h8-13H,2-7H2,1H3. The van der Waals surface area contributed by atoms with Gasteiger partial charge >= 0.3 is 0 Å². The molecule has 0 radical (unpaired) electrons. The van der Waals surface area contributed by atoms with Gasteiger partial charge in [0.05, 0.1) is 0 Å². The first-order valence-corrected chi connectivity index (χ1v) is 7.24. The van der Waals surface area contributed by atoms with Gasteiger partial charge in [-0.05, 0) is 37.5 Å². The lowest BCUT2D eigenvalue weighted by Crippen LogP contribution is -2.41. The van der Waals surface area contributed by atoms with Gasteiger partial charge in [-0.3, -0.25) is 0 Å². The highest BCUT2D eigenvalue weighted by molar-refractivity contribution is 8.00. The molecule has 5 unspecified atom stereocenters. The Balaban J connectivity index is 1.53. The lowest BCUT2D eigenvalue weighted by molar-refractivity contribution is 0.324. The Bertz CT molecular complexity index is 218. The van der Waals surface area contributed by atoms with E-state index in [1.165, 1.54) is 37.9 Å². The minimum atomic E-state index is 0.833. The van der Waals surface area contributed by atoms with Crippen LogP contribution in [-0.4, -0.2) is 23.1 Å². The van der Waals surface area contributed by atoms with Gasteiger partial charge in [-0.2, -0.15) is 11.8 Å². The van der Waals surface area contributed by atoms with Crippen LogP contribution in [0, 0.1) is 11.8 Å². The van der Waals surface area contributed by atoms with Crippen LogP contribution < -0.4 is 5.32 Å². The first-order valence-electron chi connectivity index (χ1n) is 6.19. The van der Waals surface area contributed by atoms with E-state index >= 15 is 0 Å². The predicted octanol–water partition coefficient (Wildman–Crippen LogP) is 2.66. The third-order valence-corrected chi connectivity index (χ3v) is 5.74. The van der Waals surface area contributed by atoms with Crippen molar-refractivity contribution < 1.29 is 0 Å². The van der Waals surface area contributed by atoms with Crippen LogP contribution in [0.1, 0.15) is 39.0 Å². The summed E-state index contributed by atoms with van der Waals surface area (Å²) in [7, 11) is 0. The van der Waals surface area contributed by atoms with E-state index in [9.17, 15) is 0 Å². The monoisotopic (exact) mass is 211 g/mol. The number of thioether (sulfide) groups is 1. The number of hydrogen-bond acceptors (Lipinski definition) is 2. The van der Waals surface area contributed by atoms with Gasteiger partial charge in [-0.15, -0.1) is 0 Å². The molecule has 3 aliphatic rings. The molecular formula is C12H21NS. The lowest BCUT2D eigenvalue weighted by Gasteiger charge is -2.26. The van der Waals surface area contributed by atoms with Crippen molar-refractivity contribution in [2.45, 2.75) is 56.4 Å². The Kier molecular flexibility index (Phi) is 2.53. The Labute approximate surface area is 91.4 Å². The zero-order valence-electron chi connectivity index (χ0n) is 9.04. The number of hydrogen-bond donors (Lipinski definition) is 1. The molecule has 1 nitrogen and oxygen atoms in total. The van der Waals surface area contributed by atoms with Crippen molar-refractivity contribution in [3.63, 3.8) is 0 Å². The van der Waals surface area contributed by atoms with E-state index < -0.39 is 0 Å². The molecule has 14 heavy (non-hydrogen) atoms. The van der Waals surface area contributed by atoms with E-state index in [0.717, 1.165) is 29.2 Å². The summed E-state index contributed by atoms with van der Waals surface area (Å²) in [5, 5.41) is 4.81. The lowest BCUT2D eigenvalue weighted by atomic mass is 9.94. The molecule has 0 aromatic carbocycles. The fraction of sp³-hybridized carbons (Fsp3) is 1.00. The summed E-state index contributed by atoms with van der Waals surface area (Å²) in [5.74, 6) is 3.49. The van der Waals surface area contributed by atoms with Crippen LogP contribution in [0.5, 0.6) is 0 Å². The second kappa shape index (κ2) is 3.71. The van der Waals surface area contributed by atoms with Gasteiger partial charge < -0.3 is 5.32 Å². The molecular weight excluding hydrogens is 190 g/mol. The summed E-state index contributed by atoms with van der Waals surface area (Å²) in [6.07, 6.45) is 7.46. The molecule has 0 aromatic heterocycles. The Morgan fingerprint density at radius 3 is 2.64 bits per heavy atom. The second-order valence-electron chi connectivity index (χ2n) is 5.52. The summed E-state index contributed by atoms with van der Waals surface area (Å²) in [6, 6.07) is 1.73. The molecule has 2 saturated carbocycles. The number of rotatable bonds is 2. The van der Waals surface area contributed by atoms with Gasteiger partial charge in [-0.1, -0.05) is 13.3 Å². The fourth-order valence-electron chi connectivity index (χ4n) is 3.68. The second-order valence-corrected chi connectivity index (χ2v) is 7.00. The van der Waals surface area contributed by atoms with Crippen LogP contribution in [0.15, 0.2) is 0 Å². The summed E-state index contributed by atoms with van der Waals surface area (Å²) >= 11 is 2.15. The van der Waals surface area contributed by atoms with Crippen LogP contribution in [-0.2, 0) is 0 Å². The van der Waals surface area contributed by atoms with Crippen LogP contribution in [0.25, 0.3) is 0 Å². The van der Waals surface area contributed by atoms with E-state index in [2.05, 4.69) is 24.0 Å². The molecule has 3 fully saturated rings. The van der Waals surface area contributed by atoms with Crippen molar-refractivity contribution >= 4 is 11.8 Å². The minimum Gasteiger partial charge on any atom is -0.310 e. The molecule has 5 atom stereocenters. The molecule has 2 aliphatic carbocycles. The van der Waals surface area contributed by atoms with Crippen LogP contribution in [0.4, 0.5) is 0 Å². The molecule has 2 bridgehead atoms. The third-order valence-electron chi connectivity index (χ3n) is 4.39. The quantitative estimate of drug-likeness (QED) is 0.753. The number of fused-ring (bicyclic) bond motifs is 2. The van der Waals surface area contributed by atoms with Gasteiger partial charge in [0.1, 0.15) is 0 Å². The molecule has 3 rings (SSSR count). The Hall–Kier alpha value is 0.310. The normalized spacial score (nSPS) is 51.6. The maximum atomic E-state index is 3.92. The van der Waals surface area contributed by atoms with Crippen molar-refractivity contribution in [1.82, 2.24) is 5.32 Å². The molecule has 1 N–H and O–H groups in total. The maximum absolute atomic E-state index is 3.92. The Morgan fingerprint density at radius 1 is 1.14 bits per heavy atom.